The van der Waals surface area contributed by atoms with Crippen molar-refractivity contribution >= 4 is 37.8 Å². The fraction of sp³-hybridized carbons (Fsp3) is 0.364. The summed E-state index contributed by atoms with van der Waals surface area (Å²) in [6, 6.07) is 4.82. The fourth-order valence-electron chi connectivity index (χ4n) is 1.15. The third-order valence-corrected chi connectivity index (χ3v) is 3.44. The van der Waals surface area contributed by atoms with Crippen molar-refractivity contribution < 1.29 is 9.90 Å². The van der Waals surface area contributed by atoms with E-state index in [4.69, 9.17) is 5.73 Å². The van der Waals surface area contributed by atoms with Crippen molar-refractivity contribution in [1.29, 1.82) is 0 Å². The molecule has 1 rings (SSSR count). The molecular formula is C11H14Br2N2O2. The molecule has 1 amide bonds. The highest BCUT2D eigenvalue weighted by Gasteiger charge is 2.13. The summed E-state index contributed by atoms with van der Waals surface area (Å²) >= 11 is 6.62. The molecule has 0 radical (unpaired) electrons. The van der Waals surface area contributed by atoms with Crippen molar-refractivity contribution in [3.05, 3.63) is 32.7 Å². The van der Waals surface area contributed by atoms with Gasteiger partial charge in [-0.05, 0) is 41.1 Å². The number of aliphatic hydroxyl groups is 1. The Morgan fingerprint density at radius 1 is 1.53 bits per heavy atom. The van der Waals surface area contributed by atoms with Gasteiger partial charge in [-0.1, -0.05) is 15.9 Å². The predicted octanol–water partition coefficient (Wildman–Crippen LogP) is 1.65. The number of aliphatic hydroxyl groups excluding tert-OH is 1. The van der Waals surface area contributed by atoms with Crippen LogP contribution in [-0.2, 0) is 0 Å². The van der Waals surface area contributed by atoms with E-state index in [-0.39, 0.29) is 12.5 Å². The van der Waals surface area contributed by atoms with Crippen molar-refractivity contribution in [3.8, 4) is 0 Å². The first kappa shape index (κ1) is 14.6. The molecule has 1 aromatic rings. The average Bonchev–Trinajstić information content (AvgIpc) is 2.25. The molecule has 0 heterocycles. The van der Waals surface area contributed by atoms with E-state index in [1.54, 1.807) is 25.1 Å². The van der Waals surface area contributed by atoms with E-state index in [1.807, 2.05) is 0 Å². The zero-order valence-corrected chi connectivity index (χ0v) is 12.5. The summed E-state index contributed by atoms with van der Waals surface area (Å²) < 4.78 is 1.59. The van der Waals surface area contributed by atoms with Crippen molar-refractivity contribution in [2.75, 3.05) is 6.54 Å². The van der Waals surface area contributed by atoms with Gasteiger partial charge in [0.1, 0.15) is 0 Å². The summed E-state index contributed by atoms with van der Waals surface area (Å²) in [6.07, 6.45) is -0.649. The third kappa shape index (κ3) is 4.39. The van der Waals surface area contributed by atoms with Crippen LogP contribution in [0.25, 0.3) is 0 Å². The number of benzene rings is 1. The second-order valence-electron chi connectivity index (χ2n) is 3.74. The minimum absolute atomic E-state index is 0.222. The Labute approximate surface area is 117 Å². The van der Waals surface area contributed by atoms with Gasteiger partial charge in [0.25, 0.3) is 5.91 Å². The molecule has 4 N–H and O–H groups in total. The normalized spacial score (nSPS) is 14.2. The molecule has 2 atom stereocenters. The predicted molar refractivity (Wildman–Crippen MR) is 73.8 cm³/mol. The average molecular weight is 366 g/mol. The molecule has 1 aromatic carbocycles. The monoisotopic (exact) mass is 364 g/mol. The number of carbonyl (C=O) groups excluding carboxylic acids is 1. The lowest BCUT2D eigenvalue weighted by Gasteiger charge is -2.15. The van der Waals surface area contributed by atoms with Gasteiger partial charge >= 0.3 is 0 Å². The number of rotatable bonds is 4. The van der Waals surface area contributed by atoms with Crippen LogP contribution in [0.15, 0.2) is 27.1 Å². The smallest absolute Gasteiger partial charge is 0.252 e. The molecule has 0 saturated carbocycles. The number of nitrogens with two attached hydrogens (primary N) is 1. The molecule has 0 aliphatic carbocycles. The number of carbonyl (C=O) groups is 1. The number of amides is 1. The Hall–Kier alpha value is -0.430. The molecule has 0 bridgehead atoms. The highest BCUT2D eigenvalue weighted by molar-refractivity contribution is 9.11. The van der Waals surface area contributed by atoms with Crippen molar-refractivity contribution in [3.63, 3.8) is 0 Å². The number of hydrogen-bond donors (Lipinski definition) is 3. The van der Waals surface area contributed by atoms with Crippen LogP contribution in [0.1, 0.15) is 17.3 Å². The van der Waals surface area contributed by atoms with Gasteiger partial charge in [0, 0.05) is 21.5 Å². The van der Waals surface area contributed by atoms with Crippen molar-refractivity contribution in [1.82, 2.24) is 5.32 Å². The molecule has 0 aromatic heterocycles. The van der Waals surface area contributed by atoms with Crippen molar-refractivity contribution in [2.45, 2.75) is 19.1 Å². The molecule has 94 valence electrons. The maximum atomic E-state index is 11.8. The largest absolute Gasteiger partial charge is 0.392 e. The van der Waals surface area contributed by atoms with Crippen LogP contribution in [0, 0.1) is 0 Å². The van der Waals surface area contributed by atoms with Crippen LogP contribution >= 0.6 is 31.9 Å². The highest BCUT2D eigenvalue weighted by atomic mass is 79.9. The van der Waals surface area contributed by atoms with Crippen LogP contribution in [0.2, 0.25) is 0 Å². The molecule has 4 nitrogen and oxygen atoms in total. The SMILES string of the molecule is CC(O)C(N)CNC(=O)c1ccc(Br)cc1Br. The Morgan fingerprint density at radius 3 is 2.71 bits per heavy atom. The van der Waals surface area contributed by atoms with Crippen LogP contribution in [0.3, 0.4) is 0 Å². The Balaban J connectivity index is 2.64. The summed E-state index contributed by atoms with van der Waals surface area (Å²) in [5.74, 6) is -0.222. The van der Waals surface area contributed by atoms with Gasteiger partial charge in [0.05, 0.1) is 11.7 Å². The Bertz CT molecular complexity index is 410. The first-order chi connectivity index (χ1) is 7.91. The van der Waals surface area contributed by atoms with Crippen LogP contribution < -0.4 is 11.1 Å². The first-order valence-corrected chi connectivity index (χ1v) is 6.67. The third-order valence-electron chi connectivity index (χ3n) is 2.29. The summed E-state index contributed by atoms with van der Waals surface area (Å²) in [4.78, 5) is 11.8. The molecule has 0 spiro atoms. The second kappa shape index (κ2) is 6.49. The lowest BCUT2D eigenvalue weighted by Crippen LogP contribution is -2.43. The summed E-state index contributed by atoms with van der Waals surface area (Å²) in [5.41, 5.74) is 6.15. The van der Waals surface area contributed by atoms with E-state index in [0.717, 1.165) is 4.47 Å². The minimum Gasteiger partial charge on any atom is -0.392 e. The highest BCUT2D eigenvalue weighted by Crippen LogP contribution is 2.21. The van der Waals surface area contributed by atoms with Gasteiger partial charge in [0.2, 0.25) is 0 Å². The second-order valence-corrected chi connectivity index (χ2v) is 5.51. The molecule has 0 fully saturated rings. The van der Waals surface area contributed by atoms with Crippen LogP contribution in [0.5, 0.6) is 0 Å². The van der Waals surface area contributed by atoms with Crippen LogP contribution in [0.4, 0.5) is 0 Å². The fourth-order valence-corrected chi connectivity index (χ4v) is 2.38. The van der Waals surface area contributed by atoms with E-state index in [1.165, 1.54) is 0 Å². The first-order valence-electron chi connectivity index (χ1n) is 5.08. The summed E-state index contributed by atoms with van der Waals surface area (Å²) in [6.45, 7) is 1.82. The molecule has 0 saturated heterocycles. The Kier molecular flexibility index (Phi) is 5.58. The number of halogens is 2. The summed E-state index contributed by atoms with van der Waals surface area (Å²) in [7, 11) is 0. The maximum absolute atomic E-state index is 11.8. The van der Waals surface area contributed by atoms with E-state index < -0.39 is 12.1 Å². The molecule has 0 aliphatic rings. The minimum atomic E-state index is -0.649. The van der Waals surface area contributed by atoms with E-state index in [9.17, 15) is 9.90 Å². The van der Waals surface area contributed by atoms with E-state index in [0.29, 0.717) is 10.0 Å². The van der Waals surface area contributed by atoms with Gasteiger partial charge in [0.15, 0.2) is 0 Å². The van der Waals surface area contributed by atoms with Gasteiger partial charge in [-0.15, -0.1) is 0 Å². The molecule has 17 heavy (non-hydrogen) atoms. The number of nitrogens with one attached hydrogen (secondary N) is 1. The number of hydrogen-bond acceptors (Lipinski definition) is 3. The molecule has 2 unspecified atom stereocenters. The van der Waals surface area contributed by atoms with E-state index in [2.05, 4.69) is 37.2 Å². The molecular weight excluding hydrogens is 352 g/mol. The molecule has 0 aliphatic heterocycles. The van der Waals surface area contributed by atoms with E-state index >= 15 is 0 Å². The van der Waals surface area contributed by atoms with Gasteiger partial charge in [-0.3, -0.25) is 4.79 Å². The van der Waals surface area contributed by atoms with Gasteiger partial charge in [-0.25, -0.2) is 0 Å². The lowest BCUT2D eigenvalue weighted by atomic mass is 10.2. The maximum Gasteiger partial charge on any atom is 0.252 e. The van der Waals surface area contributed by atoms with Crippen LogP contribution in [-0.4, -0.2) is 29.7 Å². The topological polar surface area (TPSA) is 75.3 Å². The Morgan fingerprint density at radius 2 is 2.18 bits per heavy atom. The van der Waals surface area contributed by atoms with Crippen molar-refractivity contribution in [2.24, 2.45) is 5.73 Å². The zero-order valence-electron chi connectivity index (χ0n) is 9.28. The lowest BCUT2D eigenvalue weighted by molar-refractivity contribution is 0.0937. The zero-order chi connectivity index (χ0) is 13.0. The standard InChI is InChI=1S/C11H14Br2N2O2/c1-6(16)10(14)5-15-11(17)8-3-2-7(12)4-9(8)13/h2-4,6,10,16H,5,14H2,1H3,(H,15,17). The molecule has 6 heteroatoms. The van der Waals surface area contributed by atoms with Gasteiger partial charge < -0.3 is 16.2 Å². The van der Waals surface area contributed by atoms with Gasteiger partial charge in [-0.2, -0.15) is 0 Å². The quantitative estimate of drug-likeness (QED) is 0.759. The summed E-state index contributed by atoms with van der Waals surface area (Å²) in [5, 5.41) is 11.9.